The van der Waals surface area contributed by atoms with E-state index in [0.29, 0.717) is 10.7 Å². The van der Waals surface area contributed by atoms with Crippen molar-refractivity contribution < 1.29 is 0 Å². The largest absolute Gasteiger partial charge is 0.175 e. The first-order chi connectivity index (χ1) is 8.14. The Morgan fingerprint density at radius 2 is 2.18 bits per heavy atom. The minimum absolute atomic E-state index is 0.588. The van der Waals surface area contributed by atoms with Crippen LogP contribution in [0.3, 0.4) is 0 Å². The zero-order chi connectivity index (χ0) is 12.5. The smallest absolute Gasteiger partial charge is 0.00850 e. The topological polar surface area (TPSA) is 0 Å². The van der Waals surface area contributed by atoms with Crippen molar-refractivity contribution >= 4 is 12.6 Å². The fourth-order valence-corrected chi connectivity index (χ4v) is 5.37. The fraction of sp³-hybridized carbons (Fsp3) is 0.875. The Hall–Kier alpha value is 0.0900. The zero-order valence-electron chi connectivity index (χ0n) is 11.7. The minimum Gasteiger partial charge on any atom is -0.175 e. The third kappa shape index (κ3) is 2.32. The van der Waals surface area contributed by atoms with E-state index in [0.717, 1.165) is 24.2 Å². The van der Waals surface area contributed by atoms with Crippen LogP contribution in [0, 0.1) is 23.2 Å². The van der Waals surface area contributed by atoms with Crippen LogP contribution in [0.1, 0.15) is 59.3 Å². The molecule has 0 aromatic carbocycles. The van der Waals surface area contributed by atoms with E-state index in [9.17, 15) is 0 Å². The number of hydrogen-bond donors (Lipinski definition) is 1. The van der Waals surface area contributed by atoms with Gasteiger partial charge in [-0.1, -0.05) is 32.4 Å². The first kappa shape index (κ1) is 13.5. The normalized spacial score (nSPS) is 42.5. The molecule has 2 rings (SSSR count). The number of allylic oxidation sites excluding steroid dienone is 2. The van der Waals surface area contributed by atoms with Gasteiger partial charge >= 0.3 is 0 Å². The number of rotatable bonds is 5. The molecule has 2 fully saturated rings. The number of thiol groups is 1. The van der Waals surface area contributed by atoms with Crippen LogP contribution >= 0.6 is 12.6 Å². The van der Waals surface area contributed by atoms with Crippen molar-refractivity contribution in [1.82, 2.24) is 0 Å². The first-order valence-corrected chi connectivity index (χ1v) is 7.95. The zero-order valence-corrected chi connectivity index (χ0v) is 12.5. The molecule has 5 unspecified atom stereocenters. The van der Waals surface area contributed by atoms with E-state index < -0.39 is 0 Å². The minimum atomic E-state index is 0.588. The van der Waals surface area contributed by atoms with Gasteiger partial charge in [0.1, 0.15) is 0 Å². The van der Waals surface area contributed by atoms with Gasteiger partial charge in [0.05, 0.1) is 0 Å². The molecule has 0 nitrogen and oxygen atoms in total. The highest BCUT2D eigenvalue weighted by Gasteiger charge is 2.56. The van der Waals surface area contributed by atoms with Crippen molar-refractivity contribution in [2.75, 3.05) is 0 Å². The molecular weight excluding hydrogens is 224 g/mol. The highest BCUT2D eigenvalue weighted by atomic mass is 32.1. The lowest BCUT2D eigenvalue weighted by molar-refractivity contribution is 0.0991. The molecule has 0 radical (unpaired) electrons. The second-order valence-electron chi connectivity index (χ2n) is 6.40. The summed E-state index contributed by atoms with van der Waals surface area (Å²) in [7, 11) is 0. The fourth-order valence-electron chi connectivity index (χ4n) is 4.83. The highest BCUT2D eigenvalue weighted by Crippen LogP contribution is 2.64. The summed E-state index contributed by atoms with van der Waals surface area (Å²) in [5, 5.41) is 0.588. The Kier molecular flexibility index (Phi) is 4.28. The lowest BCUT2D eigenvalue weighted by Gasteiger charge is -2.43. The predicted octanol–water partition coefficient (Wildman–Crippen LogP) is 5.10. The van der Waals surface area contributed by atoms with Crippen molar-refractivity contribution in [3.63, 3.8) is 0 Å². The first-order valence-electron chi connectivity index (χ1n) is 7.43. The molecule has 2 bridgehead atoms. The van der Waals surface area contributed by atoms with Crippen LogP contribution in [-0.2, 0) is 0 Å². The van der Waals surface area contributed by atoms with E-state index in [1.807, 2.05) is 0 Å². The number of fused-ring (bicyclic) bond motifs is 2. The van der Waals surface area contributed by atoms with Gasteiger partial charge in [-0.05, 0) is 62.2 Å². The summed E-state index contributed by atoms with van der Waals surface area (Å²) in [4.78, 5) is 0. The summed E-state index contributed by atoms with van der Waals surface area (Å²) in [6, 6.07) is 0. The molecule has 0 saturated heterocycles. The molecule has 98 valence electrons. The van der Waals surface area contributed by atoms with Crippen LogP contribution in [0.4, 0.5) is 0 Å². The average molecular weight is 252 g/mol. The standard InChI is InChI=1S/C16H28S/c1-4-6-7-15(17)14-10-13-9-12(3)16(14,11-13)8-5-2/h4,6,12-15,17H,5,7-11H2,1-3H3/b6-4+. The van der Waals surface area contributed by atoms with E-state index in [4.69, 9.17) is 12.6 Å². The molecule has 17 heavy (non-hydrogen) atoms. The van der Waals surface area contributed by atoms with Crippen molar-refractivity contribution in [2.24, 2.45) is 23.2 Å². The van der Waals surface area contributed by atoms with Gasteiger partial charge in [0, 0.05) is 5.25 Å². The molecule has 0 aromatic rings. The molecule has 5 atom stereocenters. The molecule has 1 heteroatoms. The summed E-state index contributed by atoms with van der Waals surface area (Å²) in [5.74, 6) is 2.82. The van der Waals surface area contributed by atoms with Crippen LogP contribution in [0.15, 0.2) is 12.2 Å². The van der Waals surface area contributed by atoms with Crippen LogP contribution in [0.25, 0.3) is 0 Å². The molecule has 0 spiro atoms. The van der Waals surface area contributed by atoms with Crippen LogP contribution in [0.2, 0.25) is 0 Å². The van der Waals surface area contributed by atoms with Crippen molar-refractivity contribution in [2.45, 2.75) is 64.5 Å². The monoisotopic (exact) mass is 252 g/mol. The highest BCUT2D eigenvalue weighted by molar-refractivity contribution is 7.81. The Balaban J connectivity index is 2.11. The van der Waals surface area contributed by atoms with Crippen LogP contribution in [0.5, 0.6) is 0 Å². The molecule has 2 aliphatic carbocycles. The Bertz CT molecular complexity index is 283. The van der Waals surface area contributed by atoms with Crippen LogP contribution < -0.4 is 0 Å². The Morgan fingerprint density at radius 3 is 2.76 bits per heavy atom. The molecule has 0 aliphatic heterocycles. The second kappa shape index (κ2) is 5.38. The van der Waals surface area contributed by atoms with E-state index in [-0.39, 0.29) is 0 Å². The molecule has 2 aliphatic rings. The van der Waals surface area contributed by atoms with Gasteiger partial charge in [0.2, 0.25) is 0 Å². The summed E-state index contributed by atoms with van der Waals surface area (Å²) in [6.07, 6.45) is 12.9. The van der Waals surface area contributed by atoms with E-state index in [1.54, 1.807) is 0 Å². The maximum absolute atomic E-state index is 4.93. The van der Waals surface area contributed by atoms with Gasteiger partial charge < -0.3 is 0 Å². The lowest BCUT2D eigenvalue weighted by Crippen LogP contribution is -2.37. The lowest BCUT2D eigenvalue weighted by atomic mass is 9.64. The van der Waals surface area contributed by atoms with Crippen molar-refractivity contribution in [3.05, 3.63) is 12.2 Å². The van der Waals surface area contributed by atoms with E-state index >= 15 is 0 Å². The summed E-state index contributed by atoms with van der Waals surface area (Å²) in [5.41, 5.74) is 0.646. The molecule has 0 aromatic heterocycles. The van der Waals surface area contributed by atoms with Gasteiger partial charge in [-0.25, -0.2) is 0 Å². The molecule has 0 heterocycles. The van der Waals surface area contributed by atoms with Gasteiger partial charge in [-0.3, -0.25) is 0 Å². The van der Waals surface area contributed by atoms with Gasteiger partial charge in [0.25, 0.3) is 0 Å². The Labute approximate surface area is 113 Å². The van der Waals surface area contributed by atoms with Gasteiger partial charge in [-0.2, -0.15) is 12.6 Å². The SMILES string of the molecule is C/C=C/CC(S)C1CC2CC(C)C1(CCC)C2. The van der Waals surface area contributed by atoms with E-state index in [1.165, 1.54) is 32.1 Å². The summed E-state index contributed by atoms with van der Waals surface area (Å²) in [6.45, 7) is 6.97. The maximum Gasteiger partial charge on any atom is 0.00850 e. The summed E-state index contributed by atoms with van der Waals surface area (Å²) < 4.78 is 0. The number of hydrogen-bond acceptors (Lipinski definition) is 1. The van der Waals surface area contributed by atoms with Crippen molar-refractivity contribution in [3.8, 4) is 0 Å². The Morgan fingerprint density at radius 1 is 1.41 bits per heavy atom. The molecule has 0 N–H and O–H groups in total. The third-order valence-electron chi connectivity index (χ3n) is 5.46. The van der Waals surface area contributed by atoms with Crippen molar-refractivity contribution in [1.29, 1.82) is 0 Å². The molecule has 0 amide bonds. The van der Waals surface area contributed by atoms with E-state index in [2.05, 4.69) is 32.9 Å². The maximum atomic E-state index is 4.93. The van der Waals surface area contributed by atoms with Gasteiger partial charge in [0.15, 0.2) is 0 Å². The van der Waals surface area contributed by atoms with Crippen LogP contribution in [-0.4, -0.2) is 5.25 Å². The predicted molar refractivity (Wildman–Crippen MR) is 79.5 cm³/mol. The second-order valence-corrected chi connectivity index (χ2v) is 7.07. The average Bonchev–Trinajstić information content (AvgIpc) is 2.80. The van der Waals surface area contributed by atoms with Gasteiger partial charge in [-0.15, -0.1) is 0 Å². The summed E-state index contributed by atoms with van der Waals surface area (Å²) >= 11 is 4.93. The third-order valence-corrected chi connectivity index (χ3v) is 6.03. The molecular formula is C16H28S. The quantitative estimate of drug-likeness (QED) is 0.510. The molecule has 2 saturated carbocycles.